The van der Waals surface area contributed by atoms with E-state index in [1.165, 1.54) is 10.5 Å². The van der Waals surface area contributed by atoms with Crippen molar-refractivity contribution in [2.75, 3.05) is 6.54 Å². The van der Waals surface area contributed by atoms with E-state index < -0.39 is 11.9 Å². The fourth-order valence-electron chi connectivity index (χ4n) is 3.88. The number of rotatable bonds is 5. The van der Waals surface area contributed by atoms with E-state index in [0.29, 0.717) is 17.9 Å². The van der Waals surface area contributed by atoms with E-state index in [1.54, 1.807) is 11.0 Å². The summed E-state index contributed by atoms with van der Waals surface area (Å²) in [5.74, 6) is -1.03. The zero-order valence-corrected chi connectivity index (χ0v) is 16.9. The van der Waals surface area contributed by atoms with Gasteiger partial charge in [0.05, 0.1) is 17.7 Å². The van der Waals surface area contributed by atoms with Gasteiger partial charge < -0.3 is 9.64 Å². The number of benzene rings is 1. The fourth-order valence-corrected chi connectivity index (χ4v) is 3.88. The number of aromatic nitrogens is 2. The van der Waals surface area contributed by atoms with Gasteiger partial charge in [-0.05, 0) is 31.5 Å². The Kier molecular flexibility index (Phi) is 5.35. The quantitative estimate of drug-likeness (QED) is 0.610. The van der Waals surface area contributed by atoms with Gasteiger partial charge in [-0.3, -0.25) is 18.8 Å². The van der Waals surface area contributed by atoms with E-state index in [0.717, 1.165) is 11.3 Å². The molecule has 0 saturated carbocycles. The van der Waals surface area contributed by atoms with Crippen molar-refractivity contribution in [3.63, 3.8) is 0 Å². The highest BCUT2D eigenvalue weighted by Crippen LogP contribution is 2.29. The molecule has 7 heteroatoms. The first-order valence-electron chi connectivity index (χ1n) is 9.93. The Labute approximate surface area is 173 Å². The maximum absolute atomic E-state index is 12.6. The van der Waals surface area contributed by atoms with Crippen molar-refractivity contribution in [3.05, 3.63) is 81.9 Å². The molecule has 7 nitrogen and oxygen atoms in total. The molecule has 1 fully saturated rings. The van der Waals surface area contributed by atoms with Gasteiger partial charge in [-0.15, -0.1) is 0 Å². The van der Waals surface area contributed by atoms with E-state index in [1.807, 2.05) is 56.3 Å². The summed E-state index contributed by atoms with van der Waals surface area (Å²) in [6.45, 7) is 4.00. The molecule has 0 radical (unpaired) electrons. The second kappa shape index (κ2) is 8.10. The predicted octanol–water partition coefficient (Wildman–Crippen LogP) is 2.66. The summed E-state index contributed by atoms with van der Waals surface area (Å²) in [6.07, 6.45) is 0.128. The van der Waals surface area contributed by atoms with Crippen molar-refractivity contribution in [2.24, 2.45) is 5.92 Å². The normalized spacial score (nSPS) is 17.3. The second-order valence-corrected chi connectivity index (χ2v) is 7.59. The average Bonchev–Trinajstić information content (AvgIpc) is 3.13. The van der Waals surface area contributed by atoms with Crippen LogP contribution in [0.2, 0.25) is 0 Å². The van der Waals surface area contributed by atoms with Crippen LogP contribution in [0, 0.1) is 12.8 Å². The Morgan fingerprint density at radius 3 is 2.70 bits per heavy atom. The number of carbonyl (C=O) groups excluding carboxylic acids is 2. The van der Waals surface area contributed by atoms with E-state index >= 15 is 0 Å². The van der Waals surface area contributed by atoms with E-state index in [2.05, 4.69) is 4.98 Å². The van der Waals surface area contributed by atoms with Crippen LogP contribution in [0.3, 0.4) is 0 Å². The predicted molar refractivity (Wildman–Crippen MR) is 111 cm³/mol. The van der Waals surface area contributed by atoms with Crippen molar-refractivity contribution >= 4 is 17.5 Å². The van der Waals surface area contributed by atoms with E-state index in [-0.39, 0.29) is 30.5 Å². The molecule has 2 aromatic heterocycles. The topological polar surface area (TPSA) is 81.0 Å². The summed E-state index contributed by atoms with van der Waals surface area (Å²) in [7, 11) is 0. The minimum Gasteiger partial charge on any atom is -0.459 e. The molecule has 1 aliphatic heterocycles. The Bertz CT molecular complexity index is 1160. The highest BCUT2D eigenvalue weighted by Gasteiger charge is 2.37. The third kappa shape index (κ3) is 3.83. The van der Waals surface area contributed by atoms with Crippen LogP contribution in [0.4, 0.5) is 0 Å². The molecule has 3 aromatic rings. The lowest BCUT2D eigenvalue weighted by molar-refractivity contribution is -0.149. The molecule has 4 rings (SSSR count). The summed E-state index contributed by atoms with van der Waals surface area (Å²) < 4.78 is 6.90. The van der Waals surface area contributed by atoms with Gasteiger partial charge in [0.15, 0.2) is 0 Å². The average molecular weight is 405 g/mol. The molecule has 0 bridgehead atoms. The molecule has 3 heterocycles. The SMILES string of the molecule is Cc1cccc2nc(COC(=O)[C@H]3CC(=O)N([C@H](C)c4ccccc4)C3)cc(=O)n12. The number of likely N-dealkylation sites (tertiary alicyclic amines) is 1. The summed E-state index contributed by atoms with van der Waals surface area (Å²) in [5, 5.41) is 0. The van der Waals surface area contributed by atoms with Crippen LogP contribution in [0.1, 0.15) is 36.3 Å². The summed E-state index contributed by atoms with van der Waals surface area (Å²) in [6, 6.07) is 16.4. The Balaban J connectivity index is 1.42. The summed E-state index contributed by atoms with van der Waals surface area (Å²) in [5.41, 5.74) is 2.48. The number of aryl methyl sites for hydroxylation is 1. The van der Waals surface area contributed by atoms with Crippen LogP contribution in [0.15, 0.2) is 59.4 Å². The molecule has 0 N–H and O–H groups in total. The number of hydrogen-bond acceptors (Lipinski definition) is 5. The standard InChI is InChI=1S/C23H23N3O4/c1-15-7-6-10-20-24-19(12-22(28)26(15)20)14-30-23(29)18-11-21(27)25(13-18)16(2)17-8-4-3-5-9-17/h3-10,12,16,18H,11,13-14H2,1-2H3/t16-,18+/m1/s1. The Hall–Kier alpha value is -3.48. The van der Waals surface area contributed by atoms with Gasteiger partial charge >= 0.3 is 5.97 Å². The molecule has 1 aromatic carbocycles. The number of pyridine rings is 1. The lowest BCUT2D eigenvalue weighted by atomic mass is 10.1. The van der Waals surface area contributed by atoms with Crippen molar-refractivity contribution in [2.45, 2.75) is 32.9 Å². The third-order valence-electron chi connectivity index (χ3n) is 5.54. The monoisotopic (exact) mass is 405 g/mol. The number of fused-ring (bicyclic) bond motifs is 1. The molecule has 30 heavy (non-hydrogen) atoms. The molecular formula is C23H23N3O4. The minimum atomic E-state index is -0.521. The maximum Gasteiger partial charge on any atom is 0.311 e. The fraction of sp³-hybridized carbons (Fsp3) is 0.304. The maximum atomic E-state index is 12.6. The minimum absolute atomic E-state index is 0.0640. The summed E-state index contributed by atoms with van der Waals surface area (Å²) in [4.78, 5) is 43.5. The number of hydrogen-bond donors (Lipinski definition) is 0. The first-order chi connectivity index (χ1) is 14.4. The molecule has 0 aliphatic carbocycles. The number of carbonyl (C=O) groups is 2. The molecule has 1 aliphatic rings. The van der Waals surface area contributed by atoms with Gasteiger partial charge in [-0.1, -0.05) is 36.4 Å². The first-order valence-corrected chi connectivity index (χ1v) is 9.93. The van der Waals surface area contributed by atoms with E-state index in [4.69, 9.17) is 4.74 Å². The summed E-state index contributed by atoms with van der Waals surface area (Å²) >= 11 is 0. The van der Waals surface area contributed by atoms with Gasteiger partial charge in [-0.2, -0.15) is 0 Å². The number of amides is 1. The zero-order chi connectivity index (χ0) is 21.3. The highest BCUT2D eigenvalue weighted by atomic mass is 16.5. The lowest BCUT2D eigenvalue weighted by Gasteiger charge is -2.25. The number of ether oxygens (including phenoxy) is 1. The van der Waals surface area contributed by atoms with Crippen LogP contribution in [-0.2, 0) is 20.9 Å². The van der Waals surface area contributed by atoms with Crippen LogP contribution < -0.4 is 5.56 Å². The zero-order valence-electron chi connectivity index (χ0n) is 16.9. The second-order valence-electron chi connectivity index (χ2n) is 7.59. The molecule has 154 valence electrons. The molecule has 0 spiro atoms. The van der Waals surface area contributed by atoms with Crippen molar-refractivity contribution in [1.29, 1.82) is 0 Å². The Morgan fingerprint density at radius 2 is 1.93 bits per heavy atom. The van der Waals surface area contributed by atoms with Crippen molar-refractivity contribution in [1.82, 2.24) is 14.3 Å². The number of nitrogens with zero attached hydrogens (tertiary/aromatic N) is 3. The molecule has 0 unspecified atom stereocenters. The lowest BCUT2D eigenvalue weighted by Crippen LogP contribution is -2.29. The van der Waals surface area contributed by atoms with Gasteiger partial charge in [0.1, 0.15) is 12.3 Å². The smallest absolute Gasteiger partial charge is 0.311 e. The van der Waals surface area contributed by atoms with Gasteiger partial charge in [0.2, 0.25) is 5.91 Å². The van der Waals surface area contributed by atoms with Crippen LogP contribution in [0.25, 0.3) is 5.65 Å². The number of esters is 1. The largest absolute Gasteiger partial charge is 0.459 e. The highest BCUT2D eigenvalue weighted by molar-refractivity contribution is 5.87. The molecule has 1 amide bonds. The molecule has 1 saturated heterocycles. The molecule has 2 atom stereocenters. The van der Waals surface area contributed by atoms with Crippen molar-refractivity contribution < 1.29 is 14.3 Å². The molecular weight excluding hydrogens is 382 g/mol. The van der Waals surface area contributed by atoms with Crippen LogP contribution >= 0.6 is 0 Å². The first kappa shape index (κ1) is 19.8. The van der Waals surface area contributed by atoms with Gasteiger partial charge in [-0.25, -0.2) is 4.98 Å². The van der Waals surface area contributed by atoms with Crippen molar-refractivity contribution in [3.8, 4) is 0 Å². The van der Waals surface area contributed by atoms with E-state index in [9.17, 15) is 14.4 Å². The Morgan fingerprint density at radius 1 is 1.17 bits per heavy atom. The van der Waals surface area contributed by atoms with Gasteiger partial charge in [0.25, 0.3) is 5.56 Å². The third-order valence-corrected chi connectivity index (χ3v) is 5.54. The van der Waals surface area contributed by atoms with Crippen LogP contribution in [-0.4, -0.2) is 32.7 Å². The van der Waals surface area contributed by atoms with Gasteiger partial charge in [0, 0.05) is 24.7 Å². The van der Waals surface area contributed by atoms with Crippen LogP contribution in [0.5, 0.6) is 0 Å².